The maximum absolute atomic E-state index is 13.1. The molecule has 8 heteroatoms. The van der Waals surface area contributed by atoms with Crippen molar-refractivity contribution in [2.45, 2.75) is 37.6 Å². The number of ether oxygens (including phenoxy) is 2. The van der Waals surface area contributed by atoms with E-state index in [4.69, 9.17) is 9.47 Å². The normalized spacial score (nSPS) is 21.1. The van der Waals surface area contributed by atoms with Crippen LogP contribution >= 0.6 is 11.8 Å². The van der Waals surface area contributed by atoms with Crippen LogP contribution in [0.1, 0.15) is 31.0 Å². The molecule has 0 spiro atoms. The van der Waals surface area contributed by atoms with Crippen molar-refractivity contribution >= 4 is 23.6 Å². The molecule has 1 saturated heterocycles. The minimum absolute atomic E-state index is 0.139. The molecule has 1 fully saturated rings. The van der Waals surface area contributed by atoms with Crippen LogP contribution in [-0.4, -0.2) is 42.1 Å². The Kier molecular flexibility index (Phi) is 6.89. The van der Waals surface area contributed by atoms with Gasteiger partial charge in [-0.2, -0.15) is 0 Å². The summed E-state index contributed by atoms with van der Waals surface area (Å²) >= 11 is 1.45. The van der Waals surface area contributed by atoms with Crippen LogP contribution in [0.3, 0.4) is 0 Å². The third-order valence-electron chi connectivity index (χ3n) is 5.61. The van der Waals surface area contributed by atoms with Crippen LogP contribution in [0.4, 0.5) is 4.39 Å². The summed E-state index contributed by atoms with van der Waals surface area (Å²) in [5, 5.41) is 5.65. The molecule has 32 heavy (non-hydrogen) atoms. The van der Waals surface area contributed by atoms with Crippen molar-refractivity contribution in [3.8, 4) is 11.5 Å². The number of thioether (sulfide) groups is 1. The van der Waals surface area contributed by atoms with Crippen LogP contribution in [0.2, 0.25) is 0 Å². The Labute approximate surface area is 191 Å². The predicted octanol–water partition coefficient (Wildman–Crippen LogP) is 3.25. The van der Waals surface area contributed by atoms with Crippen molar-refractivity contribution < 1.29 is 23.5 Å². The van der Waals surface area contributed by atoms with Gasteiger partial charge in [0.2, 0.25) is 11.8 Å². The standard InChI is InChI=1S/C24H27FN2O4S/c1-14(2)22(16-5-8-19-20(12-16)31-10-9-30-19)27-23(28)18-13-32-21(24(29)26-18)11-15-3-6-17(25)7-4-15/h3-8,12,14,18,21-22H,9-11,13H2,1-2H3,(H,26,29)(H,27,28). The number of benzene rings is 2. The predicted molar refractivity (Wildman–Crippen MR) is 121 cm³/mol. The van der Waals surface area contributed by atoms with Crippen LogP contribution in [0.25, 0.3) is 0 Å². The monoisotopic (exact) mass is 458 g/mol. The number of rotatable bonds is 6. The largest absolute Gasteiger partial charge is 0.486 e. The smallest absolute Gasteiger partial charge is 0.243 e. The number of amides is 2. The Morgan fingerprint density at radius 1 is 1.16 bits per heavy atom. The lowest BCUT2D eigenvalue weighted by molar-refractivity contribution is -0.129. The average molecular weight is 459 g/mol. The van der Waals surface area contributed by atoms with Crippen LogP contribution in [0, 0.1) is 11.7 Å². The topological polar surface area (TPSA) is 76.7 Å². The van der Waals surface area contributed by atoms with Gasteiger partial charge in [-0.1, -0.05) is 32.0 Å². The number of hydrogen-bond donors (Lipinski definition) is 2. The molecule has 2 aliphatic rings. The first-order valence-corrected chi connectivity index (χ1v) is 11.8. The van der Waals surface area contributed by atoms with Crippen molar-refractivity contribution in [3.05, 3.63) is 59.4 Å². The fraction of sp³-hybridized carbons (Fsp3) is 0.417. The fourth-order valence-electron chi connectivity index (χ4n) is 3.86. The number of carbonyl (C=O) groups excluding carboxylic acids is 2. The van der Waals surface area contributed by atoms with Gasteiger partial charge in [0, 0.05) is 5.75 Å². The summed E-state index contributed by atoms with van der Waals surface area (Å²) in [5.41, 5.74) is 1.82. The molecule has 0 aromatic heterocycles. The van der Waals surface area contributed by atoms with Crippen molar-refractivity contribution in [1.82, 2.24) is 10.6 Å². The SMILES string of the molecule is CC(C)C(NC(=O)C1CSC(Cc2ccc(F)cc2)C(=O)N1)c1ccc2c(c1)OCCO2. The van der Waals surface area contributed by atoms with Crippen LogP contribution in [0.15, 0.2) is 42.5 Å². The molecule has 2 aliphatic heterocycles. The van der Waals surface area contributed by atoms with E-state index in [1.54, 1.807) is 12.1 Å². The lowest BCUT2D eigenvalue weighted by atomic mass is 9.95. The molecule has 3 atom stereocenters. The summed E-state index contributed by atoms with van der Waals surface area (Å²) in [6.07, 6.45) is 0.497. The van der Waals surface area contributed by atoms with Gasteiger partial charge in [-0.25, -0.2) is 4.39 Å². The third kappa shape index (κ3) is 5.18. The van der Waals surface area contributed by atoms with Gasteiger partial charge in [-0.3, -0.25) is 9.59 Å². The van der Waals surface area contributed by atoms with Crippen LogP contribution in [-0.2, 0) is 16.0 Å². The van der Waals surface area contributed by atoms with Gasteiger partial charge in [0.1, 0.15) is 25.1 Å². The van der Waals surface area contributed by atoms with Gasteiger partial charge in [0.05, 0.1) is 11.3 Å². The van der Waals surface area contributed by atoms with Gasteiger partial charge in [-0.15, -0.1) is 11.8 Å². The number of hydrogen-bond acceptors (Lipinski definition) is 5. The highest BCUT2D eigenvalue weighted by Gasteiger charge is 2.34. The lowest BCUT2D eigenvalue weighted by Crippen LogP contribution is -2.55. The van der Waals surface area contributed by atoms with Crippen LogP contribution < -0.4 is 20.1 Å². The first-order valence-electron chi connectivity index (χ1n) is 10.8. The number of halogens is 1. The maximum Gasteiger partial charge on any atom is 0.243 e. The summed E-state index contributed by atoms with van der Waals surface area (Å²) < 4.78 is 24.4. The molecule has 2 N–H and O–H groups in total. The summed E-state index contributed by atoms with van der Waals surface area (Å²) in [7, 11) is 0. The summed E-state index contributed by atoms with van der Waals surface area (Å²) in [5.74, 6) is 1.32. The first-order chi connectivity index (χ1) is 15.4. The maximum atomic E-state index is 13.1. The Morgan fingerprint density at radius 2 is 1.88 bits per heavy atom. The Bertz CT molecular complexity index is 982. The van der Waals surface area contributed by atoms with Crippen LogP contribution in [0.5, 0.6) is 11.5 Å². The molecular weight excluding hydrogens is 431 g/mol. The molecule has 6 nitrogen and oxygen atoms in total. The second-order valence-corrected chi connectivity index (χ2v) is 9.58. The van der Waals surface area contributed by atoms with Crippen molar-refractivity contribution in [3.63, 3.8) is 0 Å². The molecule has 2 aromatic carbocycles. The summed E-state index contributed by atoms with van der Waals surface area (Å²) in [6, 6.07) is 11.0. The zero-order valence-corrected chi connectivity index (χ0v) is 18.9. The molecule has 3 unspecified atom stereocenters. The Hall–Kier alpha value is -2.74. The lowest BCUT2D eigenvalue weighted by Gasteiger charge is -2.31. The van der Waals surface area contributed by atoms with E-state index in [9.17, 15) is 14.0 Å². The van der Waals surface area contributed by atoms with E-state index in [0.717, 1.165) is 11.1 Å². The quantitative estimate of drug-likeness (QED) is 0.695. The molecule has 0 aliphatic carbocycles. The fourth-order valence-corrected chi connectivity index (χ4v) is 5.05. The minimum atomic E-state index is -0.601. The Balaban J connectivity index is 1.38. The van der Waals surface area contributed by atoms with Crippen molar-refractivity contribution in [2.24, 2.45) is 5.92 Å². The highest BCUT2D eigenvalue weighted by atomic mass is 32.2. The molecule has 0 bridgehead atoms. The third-order valence-corrected chi connectivity index (χ3v) is 6.92. The van der Waals surface area contributed by atoms with Gasteiger partial charge in [0.15, 0.2) is 11.5 Å². The van der Waals surface area contributed by atoms with Crippen molar-refractivity contribution in [2.75, 3.05) is 19.0 Å². The van der Waals surface area contributed by atoms with E-state index in [0.29, 0.717) is 36.9 Å². The minimum Gasteiger partial charge on any atom is -0.486 e. The molecule has 0 saturated carbocycles. The molecule has 2 heterocycles. The zero-order chi connectivity index (χ0) is 22.7. The van der Waals surface area contributed by atoms with Gasteiger partial charge >= 0.3 is 0 Å². The highest BCUT2D eigenvalue weighted by molar-refractivity contribution is 8.00. The molecule has 170 valence electrons. The number of fused-ring (bicyclic) bond motifs is 1. The summed E-state index contributed by atoms with van der Waals surface area (Å²) in [4.78, 5) is 25.6. The summed E-state index contributed by atoms with van der Waals surface area (Å²) in [6.45, 7) is 5.10. The second kappa shape index (κ2) is 9.81. The van der Waals surface area contributed by atoms with Gasteiger partial charge < -0.3 is 20.1 Å². The van der Waals surface area contributed by atoms with E-state index in [1.165, 1.54) is 23.9 Å². The van der Waals surface area contributed by atoms with E-state index in [1.807, 2.05) is 32.0 Å². The second-order valence-electron chi connectivity index (χ2n) is 8.35. The molecule has 0 radical (unpaired) electrons. The molecule has 2 aromatic rings. The van der Waals surface area contributed by atoms with E-state index in [2.05, 4.69) is 10.6 Å². The number of nitrogens with one attached hydrogen (secondary N) is 2. The van der Waals surface area contributed by atoms with E-state index >= 15 is 0 Å². The van der Waals surface area contributed by atoms with E-state index < -0.39 is 6.04 Å². The van der Waals surface area contributed by atoms with E-state index in [-0.39, 0.29) is 34.8 Å². The number of carbonyl (C=O) groups is 2. The van der Waals surface area contributed by atoms with Gasteiger partial charge in [0.25, 0.3) is 0 Å². The van der Waals surface area contributed by atoms with Crippen molar-refractivity contribution in [1.29, 1.82) is 0 Å². The molecule has 2 amide bonds. The Morgan fingerprint density at radius 3 is 2.56 bits per heavy atom. The van der Waals surface area contributed by atoms with Gasteiger partial charge in [-0.05, 0) is 47.7 Å². The highest BCUT2D eigenvalue weighted by Crippen LogP contribution is 2.34. The first kappa shape index (κ1) is 22.5. The average Bonchev–Trinajstić information content (AvgIpc) is 2.79. The zero-order valence-electron chi connectivity index (χ0n) is 18.1. The molecule has 4 rings (SSSR count). The molecular formula is C24H27FN2O4S.